The van der Waals surface area contributed by atoms with E-state index in [1.807, 2.05) is 0 Å². The zero-order valence-corrected chi connectivity index (χ0v) is 11.6. The summed E-state index contributed by atoms with van der Waals surface area (Å²) in [6, 6.07) is 5.24. The molecule has 1 unspecified atom stereocenters. The zero-order valence-electron chi connectivity index (χ0n) is 11.6. The number of hydrogen-bond acceptors (Lipinski definition) is 4. The number of nitro groups is 1. The highest BCUT2D eigenvalue weighted by molar-refractivity contribution is 5.67. The Bertz CT molecular complexity index is 499. The van der Waals surface area contributed by atoms with Crippen LogP contribution in [0.3, 0.4) is 0 Å². The highest BCUT2D eigenvalue weighted by Crippen LogP contribution is 2.21. The van der Waals surface area contributed by atoms with E-state index in [-0.39, 0.29) is 17.8 Å². The van der Waals surface area contributed by atoms with Crippen LogP contribution in [0.1, 0.15) is 32.5 Å². The van der Waals surface area contributed by atoms with E-state index in [2.05, 4.69) is 5.32 Å². The fourth-order valence-electron chi connectivity index (χ4n) is 1.44. The van der Waals surface area contributed by atoms with Crippen molar-refractivity contribution in [1.82, 2.24) is 5.32 Å². The molecule has 0 radical (unpaired) electrons. The van der Waals surface area contributed by atoms with Gasteiger partial charge >= 0.3 is 6.09 Å². The number of nitrogens with zero attached hydrogens (tertiary/aromatic N) is 1. The second-order valence-electron chi connectivity index (χ2n) is 5.20. The number of carbonyl (C=O) groups excluding carboxylic acids is 1. The third-order valence-electron chi connectivity index (χ3n) is 2.27. The van der Waals surface area contributed by atoms with Crippen molar-refractivity contribution in [1.29, 1.82) is 0 Å². The molecule has 0 bridgehead atoms. The summed E-state index contributed by atoms with van der Waals surface area (Å²) in [5.74, 6) is 0. The molecule has 0 saturated carbocycles. The number of alkyl halides is 1. The van der Waals surface area contributed by atoms with E-state index in [9.17, 15) is 19.3 Å². The lowest BCUT2D eigenvalue weighted by atomic mass is 10.1. The lowest BCUT2D eigenvalue weighted by Crippen LogP contribution is -2.34. The van der Waals surface area contributed by atoms with Crippen molar-refractivity contribution >= 4 is 11.8 Å². The lowest BCUT2D eigenvalue weighted by Gasteiger charge is -2.20. The van der Waals surface area contributed by atoms with Gasteiger partial charge in [0, 0.05) is 12.1 Å². The van der Waals surface area contributed by atoms with Crippen molar-refractivity contribution in [3.63, 3.8) is 0 Å². The first kappa shape index (κ1) is 15.9. The number of amides is 1. The fourth-order valence-corrected chi connectivity index (χ4v) is 1.44. The molecule has 0 aliphatic heterocycles. The molecule has 0 saturated heterocycles. The summed E-state index contributed by atoms with van der Waals surface area (Å²) in [6.45, 7) is 4.77. The van der Waals surface area contributed by atoms with Crippen LogP contribution in [0.2, 0.25) is 0 Å². The normalized spacial score (nSPS) is 12.6. The van der Waals surface area contributed by atoms with Gasteiger partial charge in [0.25, 0.3) is 5.69 Å². The number of nitrogens with one attached hydrogen (secondary N) is 1. The number of hydrogen-bond donors (Lipinski definition) is 1. The fraction of sp³-hybridized carbons (Fsp3) is 0.462. The van der Waals surface area contributed by atoms with Crippen LogP contribution < -0.4 is 5.32 Å². The van der Waals surface area contributed by atoms with E-state index < -0.39 is 22.8 Å². The zero-order chi connectivity index (χ0) is 15.3. The van der Waals surface area contributed by atoms with Crippen LogP contribution in [0.15, 0.2) is 24.3 Å². The van der Waals surface area contributed by atoms with Crippen LogP contribution in [0.25, 0.3) is 0 Å². The second-order valence-corrected chi connectivity index (χ2v) is 5.20. The van der Waals surface area contributed by atoms with Crippen molar-refractivity contribution in [3.05, 3.63) is 39.9 Å². The number of carbonyl (C=O) groups is 1. The molecule has 1 rings (SSSR count). The maximum absolute atomic E-state index is 13.9. The monoisotopic (exact) mass is 284 g/mol. The van der Waals surface area contributed by atoms with Crippen LogP contribution in [-0.2, 0) is 4.74 Å². The third kappa shape index (κ3) is 5.21. The summed E-state index contributed by atoms with van der Waals surface area (Å²) < 4.78 is 18.8. The van der Waals surface area contributed by atoms with E-state index >= 15 is 0 Å². The Morgan fingerprint density at radius 2 is 2.15 bits per heavy atom. The van der Waals surface area contributed by atoms with E-state index in [0.29, 0.717) is 0 Å². The first-order chi connectivity index (χ1) is 9.19. The highest BCUT2D eigenvalue weighted by atomic mass is 19.1. The van der Waals surface area contributed by atoms with Gasteiger partial charge in [0.2, 0.25) is 0 Å². The Labute approximate surface area is 116 Å². The molecule has 0 heterocycles. The SMILES string of the molecule is CC(C)(C)OC(=O)NCC(F)c1cccc([N+](=O)[O-])c1. The predicted molar refractivity (Wildman–Crippen MR) is 71.2 cm³/mol. The van der Waals surface area contributed by atoms with Crippen LogP contribution >= 0.6 is 0 Å². The molecule has 0 aliphatic rings. The lowest BCUT2D eigenvalue weighted by molar-refractivity contribution is -0.385. The summed E-state index contributed by atoms with van der Waals surface area (Å²) in [4.78, 5) is 21.4. The van der Waals surface area contributed by atoms with E-state index in [1.165, 1.54) is 18.2 Å². The molecule has 1 atom stereocenters. The topological polar surface area (TPSA) is 81.5 Å². The van der Waals surface area contributed by atoms with Gasteiger partial charge in [-0.05, 0) is 26.3 Å². The van der Waals surface area contributed by atoms with Crippen molar-refractivity contribution in [2.75, 3.05) is 6.54 Å². The Morgan fingerprint density at radius 3 is 2.70 bits per heavy atom. The van der Waals surface area contributed by atoms with Crippen molar-refractivity contribution in [3.8, 4) is 0 Å². The van der Waals surface area contributed by atoms with Crippen LogP contribution in [0.4, 0.5) is 14.9 Å². The molecule has 1 N–H and O–H groups in total. The first-order valence-electron chi connectivity index (χ1n) is 6.04. The minimum atomic E-state index is -1.54. The smallest absolute Gasteiger partial charge is 0.407 e. The number of benzene rings is 1. The number of nitro benzene ring substituents is 1. The third-order valence-corrected chi connectivity index (χ3v) is 2.27. The summed E-state index contributed by atoms with van der Waals surface area (Å²) >= 11 is 0. The number of ether oxygens (including phenoxy) is 1. The molecule has 7 heteroatoms. The van der Waals surface area contributed by atoms with Gasteiger partial charge in [0.1, 0.15) is 11.8 Å². The molecular formula is C13H17FN2O4. The Morgan fingerprint density at radius 1 is 1.50 bits per heavy atom. The quantitative estimate of drug-likeness (QED) is 0.680. The first-order valence-corrected chi connectivity index (χ1v) is 6.04. The summed E-state index contributed by atoms with van der Waals surface area (Å²) in [7, 11) is 0. The van der Waals surface area contributed by atoms with Gasteiger partial charge in [0.15, 0.2) is 0 Å². The van der Waals surface area contributed by atoms with Crippen molar-refractivity contribution in [2.45, 2.75) is 32.5 Å². The molecular weight excluding hydrogens is 267 g/mol. The summed E-state index contributed by atoms with van der Waals surface area (Å²) in [6.07, 6.45) is -2.27. The minimum absolute atomic E-state index is 0.134. The van der Waals surface area contributed by atoms with Gasteiger partial charge < -0.3 is 10.1 Å². The van der Waals surface area contributed by atoms with Gasteiger partial charge in [0.05, 0.1) is 11.5 Å². The number of alkyl carbamates (subject to hydrolysis) is 1. The molecule has 6 nitrogen and oxygen atoms in total. The Hall–Kier alpha value is -2.18. The minimum Gasteiger partial charge on any atom is -0.444 e. The molecule has 1 aromatic carbocycles. The van der Waals surface area contributed by atoms with Crippen LogP contribution in [0, 0.1) is 10.1 Å². The van der Waals surface area contributed by atoms with Gasteiger partial charge in [-0.2, -0.15) is 0 Å². The average molecular weight is 284 g/mol. The van der Waals surface area contributed by atoms with Gasteiger partial charge in [-0.1, -0.05) is 12.1 Å². The van der Waals surface area contributed by atoms with E-state index in [0.717, 1.165) is 6.07 Å². The summed E-state index contributed by atoms with van der Waals surface area (Å²) in [5.41, 5.74) is -0.723. The van der Waals surface area contributed by atoms with Crippen LogP contribution in [-0.4, -0.2) is 23.2 Å². The second kappa shape index (κ2) is 6.31. The summed E-state index contributed by atoms with van der Waals surface area (Å²) in [5, 5.41) is 12.9. The number of non-ortho nitro benzene ring substituents is 1. The standard InChI is InChI=1S/C13H17FN2O4/c1-13(2,3)20-12(17)15-8-11(14)9-5-4-6-10(7-9)16(18)19/h4-7,11H,8H2,1-3H3,(H,15,17). The molecule has 1 aromatic rings. The Balaban J connectivity index is 2.59. The van der Waals surface area contributed by atoms with Gasteiger partial charge in [-0.3, -0.25) is 10.1 Å². The van der Waals surface area contributed by atoms with Crippen molar-refractivity contribution in [2.24, 2.45) is 0 Å². The highest BCUT2D eigenvalue weighted by Gasteiger charge is 2.19. The molecule has 1 amide bonds. The number of halogens is 1. The van der Waals surface area contributed by atoms with Crippen molar-refractivity contribution < 1.29 is 18.8 Å². The van der Waals surface area contributed by atoms with E-state index in [1.54, 1.807) is 20.8 Å². The molecule has 0 aromatic heterocycles. The largest absolute Gasteiger partial charge is 0.444 e. The molecule has 0 fully saturated rings. The van der Waals surface area contributed by atoms with Crippen LogP contribution in [0.5, 0.6) is 0 Å². The van der Waals surface area contributed by atoms with Gasteiger partial charge in [-0.25, -0.2) is 9.18 Å². The predicted octanol–water partition coefficient (Wildman–Crippen LogP) is 3.13. The van der Waals surface area contributed by atoms with E-state index in [4.69, 9.17) is 4.74 Å². The maximum atomic E-state index is 13.9. The molecule has 110 valence electrons. The van der Waals surface area contributed by atoms with Gasteiger partial charge in [-0.15, -0.1) is 0 Å². The molecule has 0 spiro atoms. The maximum Gasteiger partial charge on any atom is 0.407 e. The molecule has 0 aliphatic carbocycles. The Kier molecular flexibility index (Phi) is 5.01. The molecule has 20 heavy (non-hydrogen) atoms. The average Bonchev–Trinajstić information content (AvgIpc) is 2.34. The number of rotatable bonds is 4.